The Labute approximate surface area is 163 Å². The van der Waals surface area contributed by atoms with E-state index in [0.717, 1.165) is 43.4 Å². The van der Waals surface area contributed by atoms with Crippen LogP contribution in [0.25, 0.3) is 5.69 Å². The number of hydrogen-bond donors (Lipinski definition) is 0. The second-order valence-electron chi connectivity index (χ2n) is 7.02. The molecule has 0 aliphatic heterocycles. The number of nitriles is 1. The van der Waals surface area contributed by atoms with Crippen molar-refractivity contribution in [1.29, 1.82) is 5.26 Å². The first-order valence-electron chi connectivity index (χ1n) is 9.18. The lowest BCUT2D eigenvalue weighted by molar-refractivity contribution is -0.133. The van der Waals surface area contributed by atoms with Crippen molar-refractivity contribution in [2.75, 3.05) is 7.05 Å². The van der Waals surface area contributed by atoms with Gasteiger partial charge in [0.1, 0.15) is 5.54 Å². The Morgan fingerprint density at radius 2 is 2.04 bits per heavy atom. The summed E-state index contributed by atoms with van der Waals surface area (Å²) >= 11 is 1.32. The summed E-state index contributed by atoms with van der Waals surface area (Å²) in [6.07, 6.45) is 4.57. The molecule has 27 heavy (non-hydrogen) atoms. The third-order valence-corrected chi connectivity index (χ3v) is 6.30. The third kappa shape index (κ3) is 3.83. The molecule has 0 unspecified atom stereocenters. The van der Waals surface area contributed by atoms with Crippen molar-refractivity contribution < 1.29 is 4.79 Å². The first-order valence-corrected chi connectivity index (χ1v) is 10.1. The highest BCUT2D eigenvalue weighted by molar-refractivity contribution is 8.00. The van der Waals surface area contributed by atoms with E-state index in [2.05, 4.69) is 21.6 Å². The summed E-state index contributed by atoms with van der Waals surface area (Å²) < 4.78 is 1.66. The minimum absolute atomic E-state index is 0.0669. The van der Waals surface area contributed by atoms with E-state index in [1.165, 1.54) is 11.8 Å². The topological polar surface area (TPSA) is 87.7 Å². The minimum Gasteiger partial charge on any atom is -0.326 e. The fourth-order valence-electron chi connectivity index (χ4n) is 3.56. The number of tetrazole rings is 1. The molecule has 8 heteroatoms. The highest BCUT2D eigenvalue weighted by Crippen LogP contribution is 2.34. The van der Waals surface area contributed by atoms with Gasteiger partial charge in [-0.05, 0) is 48.7 Å². The van der Waals surface area contributed by atoms with Crippen LogP contribution in [0.15, 0.2) is 29.4 Å². The normalized spacial score (nSPS) is 17.1. The van der Waals surface area contributed by atoms with Gasteiger partial charge in [-0.15, -0.1) is 5.10 Å². The molecule has 142 valence electrons. The molecule has 0 bridgehead atoms. The largest absolute Gasteiger partial charge is 0.326 e. The number of rotatable bonds is 5. The van der Waals surface area contributed by atoms with E-state index >= 15 is 0 Å². The van der Waals surface area contributed by atoms with Crippen LogP contribution in [-0.4, -0.2) is 48.9 Å². The molecule has 0 radical (unpaired) electrons. The quantitative estimate of drug-likeness (QED) is 0.736. The summed E-state index contributed by atoms with van der Waals surface area (Å²) in [7, 11) is 1.75. The molecule has 1 aliphatic carbocycles. The van der Waals surface area contributed by atoms with Gasteiger partial charge < -0.3 is 4.90 Å². The molecule has 0 spiro atoms. The number of aryl methyl sites for hydroxylation is 1. The van der Waals surface area contributed by atoms with Crippen molar-refractivity contribution in [3.63, 3.8) is 0 Å². The van der Waals surface area contributed by atoms with Crippen molar-refractivity contribution in [3.05, 3.63) is 29.8 Å². The van der Waals surface area contributed by atoms with E-state index in [0.29, 0.717) is 5.16 Å². The van der Waals surface area contributed by atoms with E-state index in [1.54, 1.807) is 16.6 Å². The van der Waals surface area contributed by atoms with E-state index in [4.69, 9.17) is 0 Å². The lowest BCUT2D eigenvalue weighted by Gasteiger charge is -2.40. The van der Waals surface area contributed by atoms with Crippen molar-refractivity contribution in [1.82, 2.24) is 25.1 Å². The molecular formula is C19H24N6OS. The molecule has 0 saturated heterocycles. The van der Waals surface area contributed by atoms with Gasteiger partial charge in [0.25, 0.3) is 0 Å². The van der Waals surface area contributed by atoms with Crippen molar-refractivity contribution in [2.45, 2.75) is 61.9 Å². The predicted octanol–water partition coefficient (Wildman–Crippen LogP) is 3.14. The van der Waals surface area contributed by atoms with E-state index in [9.17, 15) is 10.1 Å². The number of aromatic nitrogens is 4. The lowest BCUT2D eigenvalue weighted by atomic mass is 9.81. The van der Waals surface area contributed by atoms with Crippen molar-refractivity contribution in [2.24, 2.45) is 0 Å². The van der Waals surface area contributed by atoms with Crippen molar-refractivity contribution >= 4 is 17.7 Å². The van der Waals surface area contributed by atoms with Crippen LogP contribution in [0.2, 0.25) is 0 Å². The number of benzene rings is 1. The standard InChI is InChI=1S/C19H24N6OS/c1-14-9-5-6-10-16(14)25-18(21-22-23-25)27-15(2)17(26)24(3)19(13-20)11-7-4-8-12-19/h5-6,9-10,15H,4,7-8,11-12H2,1-3H3/t15-/m0/s1. The first kappa shape index (κ1) is 19.4. The fraction of sp³-hybridized carbons (Fsp3) is 0.526. The van der Waals surface area contributed by atoms with Gasteiger partial charge in [-0.3, -0.25) is 4.79 Å². The molecule has 1 amide bonds. The van der Waals surface area contributed by atoms with Crippen LogP contribution in [0.4, 0.5) is 0 Å². The van der Waals surface area contributed by atoms with Gasteiger partial charge >= 0.3 is 0 Å². The summed E-state index contributed by atoms with van der Waals surface area (Å²) in [5.74, 6) is -0.0669. The molecule has 1 saturated carbocycles. The van der Waals surface area contributed by atoms with Crippen LogP contribution in [0, 0.1) is 18.3 Å². The predicted molar refractivity (Wildman–Crippen MR) is 103 cm³/mol. The number of nitrogens with zero attached hydrogens (tertiary/aromatic N) is 6. The van der Waals surface area contributed by atoms with Gasteiger partial charge in [0.15, 0.2) is 0 Å². The van der Waals surface area contributed by atoms with Crippen LogP contribution in [0.1, 0.15) is 44.6 Å². The maximum atomic E-state index is 13.0. The molecule has 1 aromatic carbocycles. The highest BCUT2D eigenvalue weighted by atomic mass is 32.2. The van der Waals surface area contributed by atoms with E-state index in [-0.39, 0.29) is 5.91 Å². The molecule has 1 atom stereocenters. The van der Waals surface area contributed by atoms with E-state index in [1.807, 2.05) is 38.1 Å². The van der Waals surface area contributed by atoms with Crippen LogP contribution >= 0.6 is 11.8 Å². The molecule has 2 aromatic rings. The number of carbonyl (C=O) groups is 1. The number of carbonyl (C=O) groups excluding carboxylic acids is 1. The average Bonchev–Trinajstić information content (AvgIpc) is 3.15. The molecule has 1 heterocycles. The van der Waals surface area contributed by atoms with Crippen molar-refractivity contribution in [3.8, 4) is 11.8 Å². The molecule has 7 nitrogen and oxygen atoms in total. The first-order chi connectivity index (χ1) is 13.0. The van der Waals surface area contributed by atoms with Crippen LogP contribution in [-0.2, 0) is 4.79 Å². The molecule has 1 aromatic heterocycles. The maximum absolute atomic E-state index is 13.0. The lowest BCUT2D eigenvalue weighted by Crippen LogP contribution is -2.52. The van der Waals surface area contributed by atoms with Gasteiger partial charge in [0.05, 0.1) is 17.0 Å². The van der Waals surface area contributed by atoms with Gasteiger partial charge in [0.2, 0.25) is 11.1 Å². The molecule has 0 N–H and O–H groups in total. The second-order valence-corrected chi connectivity index (χ2v) is 8.33. The summed E-state index contributed by atoms with van der Waals surface area (Å²) in [5.41, 5.74) is 1.25. The molecule has 1 fully saturated rings. The Bertz CT molecular complexity index is 852. The highest BCUT2D eigenvalue weighted by Gasteiger charge is 2.40. The Hall–Kier alpha value is -2.40. The van der Waals surface area contributed by atoms with Crippen LogP contribution < -0.4 is 0 Å². The molecular weight excluding hydrogens is 360 g/mol. The zero-order chi connectivity index (χ0) is 19.4. The van der Waals surface area contributed by atoms with E-state index < -0.39 is 10.8 Å². The Kier molecular flexibility index (Phi) is 5.80. The monoisotopic (exact) mass is 384 g/mol. The summed E-state index contributed by atoms with van der Waals surface area (Å²) in [6.45, 7) is 3.84. The number of thioether (sulfide) groups is 1. The maximum Gasteiger partial charge on any atom is 0.236 e. The Morgan fingerprint density at radius 1 is 1.33 bits per heavy atom. The third-order valence-electron chi connectivity index (χ3n) is 5.28. The Balaban J connectivity index is 1.77. The second kappa shape index (κ2) is 8.09. The number of amides is 1. The number of hydrogen-bond acceptors (Lipinski definition) is 6. The van der Waals surface area contributed by atoms with Gasteiger partial charge in [-0.1, -0.05) is 49.2 Å². The summed E-state index contributed by atoms with van der Waals surface area (Å²) in [6, 6.07) is 10.2. The van der Waals surface area contributed by atoms with Crippen LogP contribution in [0.5, 0.6) is 0 Å². The zero-order valence-electron chi connectivity index (χ0n) is 15.9. The number of para-hydroxylation sites is 1. The van der Waals surface area contributed by atoms with Gasteiger partial charge in [-0.25, -0.2) is 0 Å². The SMILES string of the molecule is Cc1ccccc1-n1nnnc1S[C@@H](C)C(=O)N(C)C1(C#N)CCCCC1. The molecule has 3 rings (SSSR count). The smallest absolute Gasteiger partial charge is 0.236 e. The average molecular weight is 385 g/mol. The fourth-order valence-corrected chi connectivity index (χ4v) is 4.45. The summed E-state index contributed by atoms with van der Waals surface area (Å²) in [4.78, 5) is 14.7. The van der Waals surface area contributed by atoms with Gasteiger partial charge in [0, 0.05) is 7.05 Å². The van der Waals surface area contributed by atoms with Crippen LogP contribution in [0.3, 0.4) is 0 Å². The zero-order valence-corrected chi connectivity index (χ0v) is 16.7. The summed E-state index contributed by atoms with van der Waals surface area (Å²) in [5, 5.41) is 21.9. The Morgan fingerprint density at radius 3 is 2.70 bits per heavy atom. The minimum atomic E-state index is -0.688. The van der Waals surface area contributed by atoms with Gasteiger partial charge in [-0.2, -0.15) is 9.94 Å². The molecule has 1 aliphatic rings.